The smallest absolute Gasteiger partial charge is 0.256 e. The third-order valence-corrected chi connectivity index (χ3v) is 6.44. The average Bonchev–Trinajstić information content (AvgIpc) is 3.00. The number of amides is 1. The highest BCUT2D eigenvalue weighted by Gasteiger charge is 2.21. The van der Waals surface area contributed by atoms with E-state index in [4.69, 9.17) is 11.6 Å². The Morgan fingerprint density at radius 3 is 2.28 bits per heavy atom. The van der Waals surface area contributed by atoms with Gasteiger partial charge in [0.1, 0.15) is 11.0 Å². The fourth-order valence-electron chi connectivity index (χ4n) is 3.15. The lowest BCUT2D eigenvalue weighted by Crippen LogP contribution is -2.31. The van der Waals surface area contributed by atoms with Crippen molar-refractivity contribution in [1.82, 2.24) is 19.8 Å². The van der Waals surface area contributed by atoms with E-state index >= 15 is 0 Å². The number of benzene rings is 2. The fourth-order valence-corrected chi connectivity index (χ4v) is 4.95. The third-order valence-electron chi connectivity index (χ3n) is 4.55. The molecule has 1 amide bonds. The van der Waals surface area contributed by atoms with Gasteiger partial charge in [-0.2, -0.15) is 5.10 Å². The molecule has 0 saturated heterocycles. The minimum absolute atomic E-state index is 0.116. The van der Waals surface area contributed by atoms with Crippen molar-refractivity contribution in [2.24, 2.45) is 0 Å². The summed E-state index contributed by atoms with van der Waals surface area (Å²) in [5.41, 5.74) is 2.66. The Bertz CT molecular complexity index is 1210. The van der Waals surface area contributed by atoms with Gasteiger partial charge in [0.05, 0.1) is 22.7 Å². The van der Waals surface area contributed by atoms with E-state index < -0.39 is 15.9 Å². The van der Waals surface area contributed by atoms with Crippen LogP contribution in [0.4, 0.5) is 4.39 Å². The van der Waals surface area contributed by atoms with Crippen LogP contribution in [0, 0.1) is 12.7 Å². The number of aryl methyl sites for hydroxylation is 1. The van der Waals surface area contributed by atoms with E-state index in [1.807, 2.05) is 0 Å². The van der Waals surface area contributed by atoms with Crippen molar-refractivity contribution in [3.63, 3.8) is 0 Å². The average molecular weight is 479 g/mol. The molecule has 1 heterocycles. The van der Waals surface area contributed by atoms with Crippen LogP contribution in [-0.2, 0) is 22.3 Å². The van der Waals surface area contributed by atoms with E-state index in [9.17, 15) is 17.6 Å². The Kier molecular flexibility index (Phi) is 7.33. The molecule has 2 N–H and O–H groups in total. The van der Waals surface area contributed by atoms with E-state index in [2.05, 4.69) is 15.1 Å². The number of rotatable bonds is 8. The summed E-state index contributed by atoms with van der Waals surface area (Å²) in [5.74, 6) is -0.894. The van der Waals surface area contributed by atoms with Crippen molar-refractivity contribution in [2.75, 3.05) is 0 Å². The molecule has 0 atom stereocenters. The van der Waals surface area contributed by atoms with Crippen LogP contribution >= 0.6 is 11.6 Å². The Morgan fingerprint density at radius 1 is 1.09 bits per heavy atom. The lowest BCUT2D eigenvalue weighted by molar-refractivity contribution is 0.0950. The first kappa shape index (κ1) is 23.9. The van der Waals surface area contributed by atoms with Gasteiger partial charge in [-0.05, 0) is 56.2 Å². The second-order valence-electron chi connectivity index (χ2n) is 7.67. The van der Waals surface area contributed by atoms with Crippen molar-refractivity contribution < 1.29 is 17.6 Å². The Balaban J connectivity index is 1.67. The second kappa shape index (κ2) is 9.81. The van der Waals surface area contributed by atoms with Crippen LogP contribution < -0.4 is 10.0 Å². The molecular weight excluding hydrogens is 455 g/mol. The molecule has 0 unspecified atom stereocenters. The summed E-state index contributed by atoms with van der Waals surface area (Å²) in [7, 11) is -3.41. The molecule has 32 heavy (non-hydrogen) atoms. The summed E-state index contributed by atoms with van der Waals surface area (Å²) in [4.78, 5) is 12.7. The molecule has 0 aliphatic heterocycles. The summed E-state index contributed by atoms with van der Waals surface area (Å²) in [6.45, 7) is 5.43. The first-order valence-corrected chi connectivity index (χ1v) is 12.0. The molecule has 170 valence electrons. The minimum atomic E-state index is -3.41. The van der Waals surface area contributed by atoms with Gasteiger partial charge in [-0.15, -0.1) is 0 Å². The second-order valence-corrected chi connectivity index (χ2v) is 9.78. The number of carbonyl (C=O) groups is 1. The largest absolute Gasteiger partial charge is 0.348 e. The number of hydrogen-bond donors (Lipinski definition) is 2. The van der Waals surface area contributed by atoms with Crippen LogP contribution in [0.1, 0.15) is 41.0 Å². The number of aromatic nitrogens is 2. The molecule has 1 aromatic heterocycles. The van der Waals surface area contributed by atoms with Gasteiger partial charge in [-0.25, -0.2) is 22.2 Å². The third kappa shape index (κ3) is 5.93. The monoisotopic (exact) mass is 478 g/mol. The highest BCUT2D eigenvalue weighted by molar-refractivity contribution is 7.88. The quantitative estimate of drug-likeness (QED) is 0.516. The standard InChI is InChI=1S/C22H24ClFN4O3S/c1-14(2)27-32(30,31)13-17-6-4-16(5-7-17)12-25-22(29)20-15(3)26-28(21(20)23)19-10-8-18(24)9-11-19/h4-11,14,27H,12-13H2,1-3H3,(H,25,29). The maximum absolute atomic E-state index is 13.2. The first-order valence-electron chi connectivity index (χ1n) is 9.93. The van der Waals surface area contributed by atoms with Gasteiger partial charge < -0.3 is 5.32 Å². The van der Waals surface area contributed by atoms with Crippen LogP contribution in [0.2, 0.25) is 5.15 Å². The first-order chi connectivity index (χ1) is 15.1. The van der Waals surface area contributed by atoms with Crippen LogP contribution in [0.15, 0.2) is 48.5 Å². The predicted octanol–water partition coefficient (Wildman–Crippen LogP) is 3.73. The number of nitrogens with zero attached hydrogens (tertiary/aromatic N) is 2. The van der Waals surface area contributed by atoms with Gasteiger partial charge in [0, 0.05) is 12.6 Å². The number of hydrogen-bond acceptors (Lipinski definition) is 4. The molecule has 0 aliphatic carbocycles. The highest BCUT2D eigenvalue weighted by Crippen LogP contribution is 2.24. The van der Waals surface area contributed by atoms with E-state index in [1.54, 1.807) is 45.0 Å². The van der Waals surface area contributed by atoms with Crippen molar-refractivity contribution >= 4 is 27.5 Å². The molecule has 2 aromatic carbocycles. The SMILES string of the molecule is Cc1nn(-c2ccc(F)cc2)c(Cl)c1C(=O)NCc1ccc(CS(=O)(=O)NC(C)C)cc1. The zero-order valence-electron chi connectivity index (χ0n) is 17.9. The van der Waals surface area contributed by atoms with Crippen molar-refractivity contribution in [2.45, 2.75) is 39.1 Å². The molecule has 0 saturated carbocycles. The Hall–Kier alpha value is -2.75. The molecule has 0 bridgehead atoms. The van der Waals surface area contributed by atoms with Gasteiger partial charge in [0.15, 0.2) is 0 Å². The van der Waals surface area contributed by atoms with E-state index in [1.165, 1.54) is 28.9 Å². The summed E-state index contributed by atoms with van der Waals surface area (Å²) < 4.78 is 41.2. The van der Waals surface area contributed by atoms with Gasteiger partial charge >= 0.3 is 0 Å². The maximum Gasteiger partial charge on any atom is 0.256 e. The van der Waals surface area contributed by atoms with Crippen molar-refractivity contribution in [1.29, 1.82) is 0 Å². The molecule has 0 radical (unpaired) electrons. The summed E-state index contributed by atoms with van der Waals surface area (Å²) in [5, 5.41) is 7.22. The Morgan fingerprint density at radius 2 is 1.69 bits per heavy atom. The van der Waals surface area contributed by atoms with Crippen molar-refractivity contribution in [3.8, 4) is 5.69 Å². The van der Waals surface area contributed by atoms with Gasteiger partial charge in [-0.1, -0.05) is 35.9 Å². The fraction of sp³-hybridized carbons (Fsp3) is 0.273. The lowest BCUT2D eigenvalue weighted by Gasteiger charge is -2.10. The lowest BCUT2D eigenvalue weighted by atomic mass is 10.1. The summed E-state index contributed by atoms with van der Waals surface area (Å²) in [6, 6.07) is 12.4. The Labute approximate surface area is 191 Å². The molecule has 3 rings (SSSR count). The minimum Gasteiger partial charge on any atom is -0.348 e. The van der Waals surface area contributed by atoms with E-state index in [0.717, 1.165) is 5.56 Å². The molecule has 0 fully saturated rings. The van der Waals surface area contributed by atoms with E-state index in [-0.39, 0.29) is 34.9 Å². The number of nitrogens with one attached hydrogen (secondary N) is 2. The zero-order valence-corrected chi connectivity index (χ0v) is 19.5. The van der Waals surface area contributed by atoms with Gasteiger partial charge in [0.25, 0.3) is 5.91 Å². The molecule has 0 spiro atoms. The van der Waals surface area contributed by atoms with Gasteiger partial charge in [0.2, 0.25) is 10.0 Å². The highest BCUT2D eigenvalue weighted by atomic mass is 35.5. The number of sulfonamides is 1. The van der Waals surface area contributed by atoms with Crippen LogP contribution in [0.5, 0.6) is 0 Å². The molecular formula is C22H24ClFN4O3S. The van der Waals surface area contributed by atoms with E-state index in [0.29, 0.717) is 16.9 Å². The van der Waals surface area contributed by atoms with Crippen LogP contribution in [0.3, 0.4) is 0 Å². The molecule has 7 nitrogen and oxygen atoms in total. The zero-order chi connectivity index (χ0) is 23.5. The summed E-state index contributed by atoms with van der Waals surface area (Å²) in [6.07, 6.45) is 0. The molecule has 0 aliphatic rings. The van der Waals surface area contributed by atoms with Gasteiger partial charge in [-0.3, -0.25) is 4.79 Å². The summed E-state index contributed by atoms with van der Waals surface area (Å²) >= 11 is 6.38. The maximum atomic E-state index is 13.2. The molecule has 10 heteroatoms. The van der Waals surface area contributed by atoms with Crippen LogP contribution in [0.25, 0.3) is 5.69 Å². The number of halogens is 2. The van der Waals surface area contributed by atoms with Crippen molar-refractivity contribution in [3.05, 3.63) is 81.9 Å². The topological polar surface area (TPSA) is 93.1 Å². The predicted molar refractivity (Wildman–Crippen MR) is 122 cm³/mol. The number of carbonyl (C=O) groups excluding carboxylic acids is 1. The van der Waals surface area contributed by atoms with Crippen LogP contribution in [-0.4, -0.2) is 30.1 Å². The molecule has 3 aromatic rings. The normalized spacial score (nSPS) is 11.7.